The number of benzene rings is 2. The third-order valence-corrected chi connectivity index (χ3v) is 7.77. The van der Waals surface area contributed by atoms with Crippen LogP contribution in [-0.2, 0) is 11.2 Å². The van der Waals surface area contributed by atoms with Crippen molar-refractivity contribution in [1.82, 2.24) is 9.80 Å². The van der Waals surface area contributed by atoms with Crippen molar-refractivity contribution in [1.29, 1.82) is 0 Å². The first-order valence-corrected chi connectivity index (χ1v) is 13.7. The predicted molar refractivity (Wildman–Crippen MR) is 148 cm³/mol. The number of carbonyl (C=O) groups excluding carboxylic acids is 2. The molecule has 0 saturated heterocycles. The van der Waals surface area contributed by atoms with E-state index in [1.54, 1.807) is 23.3 Å². The van der Waals surface area contributed by atoms with Crippen LogP contribution in [0.3, 0.4) is 0 Å². The van der Waals surface area contributed by atoms with Gasteiger partial charge in [-0.3, -0.25) is 9.59 Å². The number of hydrogen-bond acceptors (Lipinski definition) is 5. The van der Waals surface area contributed by atoms with E-state index < -0.39 is 0 Å². The van der Waals surface area contributed by atoms with Gasteiger partial charge in [0.05, 0.1) is 13.2 Å². The van der Waals surface area contributed by atoms with E-state index in [4.69, 9.17) is 9.47 Å². The molecule has 37 heavy (non-hydrogen) atoms. The number of aryl methyl sites for hydroxylation is 1. The quantitative estimate of drug-likeness (QED) is 0.341. The Morgan fingerprint density at radius 1 is 1.08 bits per heavy atom. The number of para-hydroxylation sites is 2. The fourth-order valence-corrected chi connectivity index (χ4v) is 5.51. The normalized spacial score (nSPS) is 14.8. The zero-order valence-electron chi connectivity index (χ0n) is 22.1. The van der Waals surface area contributed by atoms with Gasteiger partial charge in [-0.05, 0) is 67.0 Å². The number of hydrogen-bond donors (Lipinski definition) is 0. The maximum Gasteiger partial charge on any atom is 0.254 e. The van der Waals surface area contributed by atoms with Crippen molar-refractivity contribution in [3.8, 4) is 11.5 Å². The fourth-order valence-electron chi connectivity index (χ4n) is 4.58. The maximum absolute atomic E-state index is 13.8. The summed E-state index contributed by atoms with van der Waals surface area (Å²) in [6, 6.07) is 16.9. The fraction of sp³-hybridized carbons (Fsp3) is 0.400. The molecule has 0 spiro atoms. The Hall–Kier alpha value is -3.32. The van der Waals surface area contributed by atoms with Crippen molar-refractivity contribution in [2.75, 3.05) is 33.4 Å². The van der Waals surface area contributed by atoms with E-state index in [-0.39, 0.29) is 24.4 Å². The van der Waals surface area contributed by atoms with Crippen molar-refractivity contribution < 1.29 is 19.1 Å². The second-order valence-electron chi connectivity index (χ2n) is 9.89. The van der Waals surface area contributed by atoms with Crippen LogP contribution >= 0.6 is 11.3 Å². The second-order valence-corrected chi connectivity index (χ2v) is 10.9. The van der Waals surface area contributed by atoms with Crippen LogP contribution in [0.1, 0.15) is 52.7 Å². The maximum atomic E-state index is 13.8. The Balaban J connectivity index is 1.54. The first-order valence-electron chi connectivity index (χ1n) is 12.8. The molecule has 0 bridgehead atoms. The zero-order valence-corrected chi connectivity index (χ0v) is 22.9. The van der Waals surface area contributed by atoms with E-state index in [9.17, 15) is 9.59 Å². The van der Waals surface area contributed by atoms with E-state index in [1.807, 2.05) is 60.4 Å². The lowest BCUT2D eigenvalue weighted by Crippen LogP contribution is -2.48. The summed E-state index contributed by atoms with van der Waals surface area (Å²) in [5, 5.41) is 2.07. The molecule has 0 N–H and O–H groups in total. The van der Waals surface area contributed by atoms with Gasteiger partial charge in [0.2, 0.25) is 5.91 Å². The average molecular weight is 521 g/mol. The monoisotopic (exact) mass is 520 g/mol. The molecule has 4 rings (SSSR count). The van der Waals surface area contributed by atoms with Gasteiger partial charge < -0.3 is 19.3 Å². The summed E-state index contributed by atoms with van der Waals surface area (Å²) in [6.45, 7) is 7.75. The van der Waals surface area contributed by atoms with Gasteiger partial charge in [-0.15, -0.1) is 11.3 Å². The number of nitrogens with zero attached hydrogens (tertiary/aromatic N) is 2. The highest BCUT2D eigenvalue weighted by Crippen LogP contribution is 2.35. The Morgan fingerprint density at radius 2 is 1.81 bits per heavy atom. The zero-order chi connectivity index (χ0) is 26.4. The minimum atomic E-state index is -0.228. The van der Waals surface area contributed by atoms with Crippen molar-refractivity contribution in [2.24, 2.45) is 5.92 Å². The standard InChI is InChI=1S/C30H36N2O4S/c1-21(2)13-16-31(30(34)23-11-9-22(3)10-12-23)19-29(33)32-17-14-28-24(15-18-37-28)25(32)20-36-27-8-6-5-7-26(27)35-4/h5-12,15,18,21,25H,13-14,16-17,19-20H2,1-4H3. The van der Waals surface area contributed by atoms with Crippen LogP contribution in [0.25, 0.3) is 0 Å². The molecule has 1 atom stereocenters. The number of rotatable bonds is 10. The van der Waals surface area contributed by atoms with Gasteiger partial charge >= 0.3 is 0 Å². The molecule has 0 radical (unpaired) electrons. The Kier molecular flexibility index (Phi) is 8.87. The topological polar surface area (TPSA) is 59.1 Å². The van der Waals surface area contributed by atoms with E-state index >= 15 is 0 Å². The molecule has 0 saturated carbocycles. The molecular formula is C30H36N2O4S. The lowest BCUT2D eigenvalue weighted by molar-refractivity contribution is -0.135. The van der Waals surface area contributed by atoms with Crippen LogP contribution in [0, 0.1) is 12.8 Å². The summed E-state index contributed by atoms with van der Waals surface area (Å²) in [5.74, 6) is 1.56. The number of carbonyl (C=O) groups is 2. The summed E-state index contributed by atoms with van der Waals surface area (Å²) < 4.78 is 11.6. The van der Waals surface area contributed by atoms with E-state index in [1.165, 1.54) is 4.88 Å². The summed E-state index contributed by atoms with van der Waals surface area (Å²) in [7, 11) is 1.62. The smallest absolute Gasteiger partial charge is 0.254 e. The molecule has 1 aromatic heterocycles. The number of ether oxygens (including phenoxy) is 2. The first kappa shape index (κ1) is 26.7. The Morgan fingerprint density at radius 3 is 2.51 bits per heavy atom. The van der Waals surface area contributed by atoms with Crippen LogP contribution in [0.4, 0.5) is 0 Å². The minimum absolute atomic E-state index is 0.0457. The van der Waals surface area contributed by atoms with Crippen molar-refractivity contribution in [2.45, 2.75) is 39.7 Å². The average Bonchev–Trinajstić information content (AvgIpc) is 3.39. The van der Waals surface area contributed by atoms with Gasteiger partial charge in [0.1, 0.15) is 13.2 Å². The lowest BCUT2D eigenvalue weighted by Gasteiger charge is -2.37. The largest absolute Gasteiger partial charge is 0.493 e. The van der Waals surface area contributed by atoms with Gasteiger partial charge in [-0.25, -0.2) is 0 Å². The van der Waals surface area contributed by atoms with Gasteiger partial charge in [0.15, 0.2) is 11.5 Å². The first-order chi connectivity index (χ1) is 17.9. The third kappa shape index (κ3) is 6.52. The molecule has 0 fully saturated rings. The van der Waals surface area contributed by atoms with Gasteiger partial charge in [-0.1, -0.05) is 43.7 Å². The highest BCUT2D eigenvalue weighted by molar-refractivity contribution is 7.10. The van der Waals surface area contributed by atoms with Crippen molar-refractivity contribution >= 4 is 23.2 Å². The SMILES string of the molecule is COc1ccccc1OCC1c2ccsc2CCN1C(=O)CN(CCC(C)C)C(=O)c1ccc(C)cc1. The number of amides is 2. The van der Waals surface area contributed by atoms with Crippen molar-refractivity contribution in [3.63, 3.8) is 0 Å². The number of methoxy groups -OCH3 is 1. The third-order valence-electron chi connectivity index (χ3n) is 6.77. The molecule has 196 valence electrons. The lowest BCUT2D eigenvalue weighted by atomic mass is 10.00. The summed E-state index contributed by atoms with van der Waals surface area (Å²) >= 11 is 1.72. The molecule has 2 amide bonds. The summed E-state index contributed by atoms with van der Waals surface area (Å²) in [5.41, 5.74) is 2.83. The Bertz CT molecular complexity index is 1200. The molecule has 0 aliphatic carbocycles. The van der Waals surface area contributed by atoms with Gasteiger partial charge in [0, 0.05) is 23.5 Å². The summed E-state index contributed by atoms with van der Waals surface area (Å²) in [4.78, 5) is 32.1. The van der Waals surface area contributed by atoms with E-state index in [2.05, 4.69) is 25.3 Å². The molecule has 2 heterocycles. The molecular weight excluding hydrogens is 484 g/mol. The predicted octanol–water partition coefficient (Wildman–Crippen LogP) is 5.76. The molecule has 2 aromatic carbocycles. The number of fused-ring (bicyclic) bond motifs is 1. The Labute approximate surface area is 223 Å². The minimum Gasteiger partial charge on any atom is -0.493 e. The van der Waals surface area contributed by atoms with Crippen LogP contribution in [0.15, 0.2) is 60.0 Å². The summed E-state index contributed by atoms with van der Waals surface area (Å²) in [6.07, 6.45) is 1.64. The molecule has 6 nitrogen and oxygen atoms in total. The van der Waals surface area contributed by atoms with Crippen LogP contribution in [0.2, 0.25) is 0 Å². The van der Waals surface area contributed by atoms with Crippen LogP contribution in [0.5, 0.6) is 11.5 Å². The van der Waals surface area contributed by atoms with Gasteiger partial charge in [0.25, 0.3) is 5.91 Å². The molecule has 1 aliphatic heterocycles. The number of thiophene rings is 1. The van der Waals surface area contributed by atoms with Crippen molar-refractivity contribution in [3.05, 3.63) is 81.5 Å². The second kappa shape index (κ2) is 12.3. The van der Waals surface area contributed by atoms with Crippen LogP contribution < -0.4 is 9.47 Å². The van der Waals surface area contributed by atoms with E-state index in [0.717, 1.165) is 24.0 Å². The molecule has 1 aliphatic rings. The van der Waals surface area contributed by atoms with E-state index in [0.29, 0.717) is 42.7 Å². The van der Waals surface area contributed by atoms with Crippen LogP contribution in [-0.4, -0.2) is 55.0 Å². The highest BCUT2D eigenvalue weighted by Gasteiger charge is 2.34. The molecule has 7 heteroatoms. The van der Waals surface area contributed by atoms with Gasteiger partial charge in [-0.2, -0.15) is 0 Å². The molecule has 1 unspecified atom stereocenters. The molecule has 3 aromatic rings. The highest BCUT2D eigenvalue weighted by atomic mass is 32.1.